The van der Waals surface area contributed by atoms with E-state index in [1.54, 1.807) is 13.1 Å². The molecule has 3 atom stereocenters. The van der Waals surface area contributed by atoms with Crippen LogP contribution in [0.1, 0.15) is 38.4 Å². The van der Waals surface area contributed by atoms with Gasteiger partial charge in [0.05, 0.1) is 12.0 Å². The Hall–Kier alpha value is -1.62. The lowest BCUT2D eigenvalue weighted by atomic mass is 9.93. The highest BCUT2D eigenvalue weighted by atomic mass is 16.3. The van der Waals surface area contributed by atoms with Crippen molar-refractivity contribution in [3.63, 3.8) is 0 Å². The van der Waals surface area contributed by atoms with E-state index in [1.807, 2.05) is 12.1 Å². The lowest BCUT2D eigenvalue weighted by molar-refractivity contribution is -0.122. The Balaban J connectivity index is 2.16. The van der Waals surface area contributed by atoms with Crippen LogP contribution in [-0.4, -0.2) is 28.6 Å². The summed E-state index contributed by atoms with van der Waals surface area (Å²) in [6, 6.07) is 4.11. The maximum Gasteiger partial charge on any atom is 0.222 e. The largest absolute Gasteiger partial charge is 0.389 e. The zero-order chi connectivity index (χ0) is 14.0. The van der Waals surface area contributed by atoms with Crippen LogP contribution in [0.3, 0.4) is 0 Å². The van der Waals surface area contributed by atoms with Crippen molar-refractivity contribution in [2.45, 2.75) is 38.8 Å². The van der Waals surface area contributed by atoms with Crippen LogP contribution in [-0.2, 0) is 4.79 Å². The molecule has 3 N–H and O–H groups in total. The molecule has 1 fully saturated rings. The summed E-state index contributed by atoms with van der Waals surface area (Å²) in [5.74, 6) is 0.495. The minimum atomic E-state index is -0.515. The normalized spacial score (nSPS) is 25.1. The number of hydrogen-bond acceptors (Lipinski definition) is 4. The molecule has 2 unspecified atom stereocenters. The Morgan fingerprint density at radius 3 is 2.79 bits per heavy atom. The summed E-state index contributed by atoms with van der Waals surface area (Å²) in [7, 11) is 0. The van der Waals surface area contributed by atoms with Crippen molar-refractivity contribution in [2.24, 2.45) is 11.7 Å². The van der Waals surface area contributed by atoms with Crippen LogP contribution in [0.2, 0.25) is 0 Å². The van der Waals surface area contributed by atoms with E-state index < -0.39 is 6.10 Å². The number of aliphatic hydroxyl groups is 1. The molecule has 1 aliphatic rings. The molecular formula is C14H21N3O2. The molecule has 1 aromatic rings. The van der Waals surface area contributed by atoms with Gasteiger partial charge in [-0.05, 0) is 38.3 Å². The van der Waals surface area contributed by atoms with Gasteiger partial charge in [-0.25, -0.2) is 4.98 Å². The second-order valence-electron chi connectivity index (χ2n) is 5.30. The molecule has 0 saturated carbocycles. The van der Waals surface area contributed by atoms with Gasteiger partial charge in [-0.2, -0.15) is 0 Å². The fraction of sp³-hybridized carbons (Fsp3) is 0.571. The van der Waals surface area contributed by atoms with Gasteiger partial charge in [-0.15, -0.1) is 0 Å². The van der Waals surface area contributed by atoms with E-state index in [2.05, 4.69) is 16.8 Å². The van der Waals surface area contributed by atoms with Crippen LogP contribution >= 0.6 is 0 Å². The molecule has 0 spiro atoms. The number of pyridine rings is 1. The zero-order valence-electron chi connectivity index (χ0n) is 11.4. The molecule has 5 nitrogen and oxygen atoms in total. The smallest absolute Gasteiger partial charge is 0.222 e. The lowest BCUT2D eigenvalue weighted by Crippen LogP contribution is -2.46. The number of piperidine rings is 1. The average molecular weight is 263 g/mol. The van der Waals surface area contributed by atoms with Crippen LogP contribution in [0.15, 0.2) is 18.3 Å². The predicted octanol–water partition coefficient (Wildman–Crippen LogP) is 1.23. The van der Waals surface area contributed by atoms with Crippen LogP contribution in [0.25, 0.3) is 0 Å². The summed E-state index contributed by atoms with van der Waals surface area (Å²) in [5, 5.41) is 9.48. The molecule has 5 heteroatoms. The van der Waals surface area contributed by atoms with Crippen LogP contribution in [0, 0.1) is 5.92 Å². The first-order valence-electron chi connectivity index (χ1n) is 6.69. The number of carbonyl (C=O) groups is 1. The van der Waals surface area contributed by atoms with Gasteiger partial charge >= 0.3 is 0 Å². The van der Waals surface area contributed by atoms with Gasteiger partial charge in [0.25, 0.3) is 0 Å². The van der Waals surface area contributed by atoms with E-state index in [0.717, 1.165) is 24.2 Å². The summed E-state index contributed by atoms with van der Waals surface area (Å²) in [6.07, 6.45) is 2.95. The standard InChI is InChI=1S/C14H21N3O2/c1-9-3-4-12(14(15)19)8-17(9)13-6-5-11(7-16-13)10(2)18/h5-7,9-10,12,18H,3-4,8H2,1-2H3,(H2,15,19)/t9?,10-,12?/m0/s1. The Morgan fingerprint density at radius 1 is 1.53 bits per heavy atom. The molecule has 104 valence electrons. The number of amides is 1. The number of aromatic nitrogens is 1. The van der Waals surface area contributed by atoms with Crippen LogP contribution < -0.4 is 10.6 Å². The van der Waals surface area contributed by atoms with Gasteiger partial charge in [-0.1, -0.05) is 6.07 Å². The van der Waals surface area contributed by atoms with Crippen molar-refractivity contribution in [3.05, 3.63) is 23.9 Å². The number of nitrogens with zero attached hydrogens (tertiary/aromatic N) is 2. The summed E-state index contributed by atoms with van der Waals surface area (Å²) >= 11 is 0. The summed E-state index contributed by atoms with van der Waals surface area (Å²) in [5.41, 5.74) is 6.19. The second-order valence-corrected chi connectivity index (χ2v) is 5.30. The van der Waals surface area contributed by atoms with E-state index in [4.69, 9.17) is 5.73 Å². The van der Waals surface area contributed by atoms with Crippen LogP contribution in [0.5, 0.6) is 0 Å². The Morgan fingerprint density at radius 2 is 2.26 bits per heavy atom. The highest BCUT2D eigenvalue weighted by Gasteiger charge is 2.29. The maximum atomic E-state index is 11.3. The van der Waals surface area contributed by atoms with Gasteiger partial charge in [0, 0.05) is 18.8 Å². The first-order valence-corrected chi connectivity index (χ1v) is 6.69. The number of primary amides is 1. The molecule has 1 amide bonds. The van der Waals surface area contributed by atoms with E-state index in [1.165, 1.54) is 0 Å². The maximum absolute atomic E-state index is 11.3. The molecule has 19 heavy (non-hydrogen) atoms. The third-order valence-electron chi connectivity index (χ3n) is 3.83. The van der Waals surface area contributed by atoms with E-state index in [9.17, 15) is 9.90 Å². The molecular weight excluding hydrogens is 242 g/mol. The highest BCUT2D eigenvalue weighted by molar-refractivity contribution is 5.77. The van der Waals surface area contributed by atoms with Gasteiger partial charge < -0.3 is 15.7 Å². The SMILES string of the molecule is CC1CCC(C(N)=O)CN1c1ccc([C@H](C)O)cn1. The molecule has 2 rings (SSSR count). The third-order valence-corrected chi connectivity index (χ3v) is 3.83. The fourth-order valence-electron chi connectivity index (χ4n) is 2.47. The van der Waals surface area contributed by atoms with Crippen molar-refractivity contribution in [3.8, 4) is 0 Å². The van der Waals surface area contributed by atoms with Crippen molar-refractivity contribution < 1.29 is 9.90 Å². The molecule has 0 aromatic carbocycles. The molecule has 0 bridgehead atoms. The van der Waals surface area contributed by atoms with Gasteiger partial charge in [-0.3, -0.25) is 4.79 Å². The van der Waals surface area contributed by atoms with Gasteiger partial charge in [0.1, 0.15) is 5.82 Å². The number of hydrogen-bond donors (Lipinski definition) is 2. The summed E-state index contributed by atoms with van der Waals surface area (Å²) in [4.78, 5) is 17.8. The molecule has 1 saturated heterocycles. The van der Waals surface area contributed by atoms with E-state index in [-0.39, 0.29) is 11.8 Å². The van der Waals surface area contributed by atoms with Gasteiger partial charge in [0.15, 0.2) is 0 Å². The van der Waals surface area contributed by atoms with Gasteiger partial charge in [0.2, 0.25) is 5.91 Å². The lowest BCUT2D eigenvalue weighted by Gasteiger charge is -2.37. The predicted molar refractivity (Wildman–Crippen MR) is 73.6 cm³/mol. The molecule has 2 heterocycles. The topological polar surface area (TPSA) is 79.5 Å². The Bertz CT molecular complexity index is 445. The average Bonchev–Trinajstić information content (AvgIpc) is 2.39. The monoisotopic (exact) mass is 263 g/mol. The minimum absolute atomic E-state index is 0.102. The molecule has 0 radical (unpaired) electrons. The minimum Gasteiger partial charge on any atom is -0.389 e. The van der Waals surface area contributed by atoms with Crippen LogP contribution in [0.4, 0.5) is 5.82 Å². The Kier molecular flexibility index (Phi) is 4.04. The Labute approximate surface area is 113 Å². The summed E-state index contributed by atoms with van der Waals surface area (Å²) < 4.78 is 0. The molecule has 1 aliphatic heterocycles. The number of aliphatic hydroxyl groups excluding tert-OH is 1. The van der Waals surface area contributed by atoms with E-state index in [0.29, 0.717) is 12.6 Å². The zero-order valence-corrected chi connectivity index (χ0v) is 11.4. The number of nitrogens with two attached hydrogens (primary N) is 1. The van der Waals surface area contributed by atoms with Crippen molar-refractivity contribution in [1.29, 1.82) is 0 Å². The number of anilines is 1. The number of carbonyl (C=O) groups excluding carboxylic acids is 1. The second kappa shape index (κ2) is 5.57. The first-order chi connectivity index (χ1) is 8.99. The quantitative estimate of drug-likeness (QED) is 0.859. The third kappa shape index (κ3) is 3.04. The summed E-state index contributed by atoms with van der Waals surface area (Å²) in [6.45, 7) is 4.46. The van der Waals surface area contributed by atoms with Crippen molar-refractivity contribution in [2.75, 3.05) is 11.4 Å². The van der Waals surface area contributed by atoms with E-state index >= 15 is 0 Å². The fourth-order valence-corrected chi connectivity index (χ4v) is 2.47. The molecule has 1 aromatic heterocycles. The first kappa shape index (κ1) is 13.8. The molecule has 0 aliphatic carbocycles. The number of rotatable bonds is 3. The van der Waals surface area contributed by atoms with Crippen molar-refractivity contribution >= 4 is 11.7 Å². The highest BCUT2D eigenvalue weighted by Crippen LogP contribution is 2.26. The van der Waals surface area contributed by atoms with Crippen molar-refractivity contribution in [1.82, 2.24) is 4.98 Å².